The average Bonchev–Trinajstić information content (AvgIpc) is 3.16. The van der Waals surface area contributed by atoms with Crippen molar-refractivity contribution in [2.45, 2.75) is 12.7 Å². The van der Waals surface area contributed by atoms with Crippen molar-refractivity contribution in [3.8, 4) is 11.4 Å². The monoisotopic (exact) mass is 414 g/mol. The number of amides is 1. The van der Waals surface area contributed by atoms with E-state index in [0.717, 1.165) is 17.7 Å². The smallest absolute Gasteiger partial charge is 0.348 e. The molecule has 152 valence electrons. The molecule has 1 N–H and O–H groups in total. The number of halogens is 4. The molecule has 0 fully saturated rings. The predicted molar refractivity (Wildman–Crippen MR) is 101 cm³/mol. The Kier molecular flexibility index (Phi) is 4.94. The van der Waals surface area contributed by atoms with Gasteiger partial charge in [-0.15, -0.1) is 10.2 Å². The normalized spacial score (nSPS) is 11.6. The fourth-order valence-electron chi connectivity index (χ4n) is 2.94. The van der Waals surface area contributed by atoms with Gasteiger partial charge in [0.05, 0.1) is 11.1 Å². The molecule has 9 heteroatoms. The van der Waals surface area contributed by atoms with Crippen LogP contribution >= 0.6 is 0 Å². The number of benzene rings is 2. The quantitative estimate of drug-likeness (QED) is 0.501. The van der Waals surface area contributed by atoms with Gasteiger partial charge in [0.15, 0.2) is 11.5 Å². The zero-order valence-corrected chi connectivity index (χ0v) is 15.3. The Balaban J connectivity index is 1.61. The first-order valence-corrected chi connectivity index (χ1v) is 8.86. The molecule has 2 aromatic heterocycles. The van der Waals surface area contributed by atoms with E-state index in [4.69, 9.17) is 0 Å². The molecule has 0 unspecified atom stereocenters. The van der Waals surface area contributed by atoms with Gasteiger partial charge in [-0.2, -0.15) is 13.2 Å². The highest BCUT2D eigenvalue weighted by molar-refractivity contribution is 5.94. The second-order valence-electron chi connectivity index (χ2n) is 6.56. The van der Waals surface area contributed by atoms with E-state index in [-0.39, 0.29) is 29.3 Å². The summed E-state index contributed by atoms with van der Waals surface area (Å²) >= 11 is 0. The molecule has 30 heavy (non-hydrogen) atoms. The lowest BCUT2D eigenvalue weighted by atomic mass is 10.1. The number of fused-ring (bicyclic) bond motifs is 1. The Bertz CT molecular complexity index is 1220. The van der Waals surface area contributed by atoms with E-state index in [0.29, 0.717) is 5.65 Å². The molecule has 0 aliphatic rings. The number of rotatable bonds is 4. The second kappa shape index (κ2) is 7.58. The van der Waals surface area contributed by atoms with Crippen LogP contribution in [0.1, 0.15) is 21.5 Å². The molecule has 2 aromatic carbocycles. The molecule has 0 aliphatic carbocycles. The first-order valence-electron chi connectivity index (χ1n) is 8.86. The van der Waals surface area contributed by atoms with Crippen LogP contribution in [-0.4, -0.2) is 20.5 Å². The summed E-state index contributed by atoms with van der Waals surface area (Å²) in [5.74, 6) is -0.584. The Morgan fingerprint density at radius 1 is 1.00 bits per heavy atom. The number of aromatic nitrogens is 3. The fraction of sp³-hybridized carbons (Fsp3) is 0.0952. The number of carbonyl (C=O) groups is 1. The van der Waals surface area contributed by atoms with Gasteiger partial charge in [-0.05, 0) is 42.0 Å². The van der Waals surface area contributed by atoms with Crippen LogP contribution in [0.15, 0.2) is 66.9 Å². The van der Waals surface area contributed by atoms with Crippen molar-refractivity contribution in [2.24, 2.45) is 0 Å². The minimum absolute atomic E-state index is 0.185. The van der Waals surface area contributed by atoms with Crippen molar-refractivity contribution in [2.75, 3.05) is 0 Å². The van der Waals surface area contributed by atoms with E-state index < -0.39 is 17.6 Å². The Labute approximate surface area is 168 Å². The summed E-state index contributed by atoms with van der Waals surface area (Å²) in [4.78, 5) is 12.5. The number of nitrogens with zero attached hydrogens (tertiary/aromatic N) is 3. The number of carbonyl (C=O) groups excluding carboxylic acids is 1. The highest BCUT2D eigenvalue weighted by atomic mass is 19.4. The lowest BCUT2D eigenvalue weighted by Gasteiger charge is -2.09. The molecule has 0 saturated heterocycles. The van der Waals surface area contributed by atoms with E-state index in [1.165, 1.54) is 34.9 Å². The highest BCUT2D eigenvalue weighted by Crippen LogP contribution is 2.31. The van der Waals surface area contributed by atoms with Crippen molar-refractivity contribution < 1.29 is 22.4 Å². The molecule has 1 amide bonds. The minimum atomic E-state index is -4.48. The molecule has 4 rings (SSSR count). The van der Waals surface area contributed by atoms with Gasteiger partial charge in [-0.1, -0.05) is 24.3 Å². The molecule has 0 saturated carbocycles. The van der Waals surface area contributed by atoms with Crippen molar-refractivity contribution in [3.63, 3.8) is 0 Å². The topological polar surface area (TPSA) is 59.3 Å². The van der Waals surface area contributed by atoms with Crippen molar-refractivity contribution in [1.29, 1.82) is 0 Å². The summed E-state index contributed by atoms with van der Waals surface area (Å²) in [5.41, 5.74) is 0.807. The molecule has 0 atom stereocenters. The first kappa shape index (κ1) is 19.6. The summed E-state index contributed by atoms with van der Waals surface area (Å²) in [7, 11) is 0. The van der Waals surface area contributed by atoms with Crippen molar-refractivity contribution in [3.05, 3.63) is 89.4 Å². The summed E-state index contributed by atoms with van der Waals surface area (Å²) in [6.45, 7) is 0.194. The van der Waals surface area contributed by atoms with Crippen LogP contribution in [0.3, 0.4) is 0 Å². The van der Waals surface area contributed by atoms with Crippen molar-refractivity contribution >= 4 is 11.6 Å². The van der Waals surface area contributed by atoms with E-state index in [2.05, 4.69) is 15.5 Å². The number of alkyl halides is 3. The third kappa shape index (κ3) is 4.00. The Morgan fingerprint density at radius 3 is 2.50 bits per heavy atom. The van der Waals surface area contributed by atoms with Crippen molar-refractivity contribution in [1.82, 2.24) is 19.9 Å². The number of nitrogens with one attached hydrogen (secondary N) is 1. The van der Waals surface area contributed by atoms with Crippen LogP contribution in [-0.2, 0) is 12.7 Å². The zero-order chi connectivity index (χ0) is 21.3. The summed E-state index contributed by atoms with van der Waals surface area (Å²) in [5, 5.41) is 10.6. The fourth-order valence-corrected chi connectivity index (χ4v) is 2.94. The minimum Gasteiger partial charge on any atom is -0.348 e. The SMILES string of the molecule is O=C(NCc1ccc(F)cc1)c1ccc2nnc(-c3cccc(C(F)(F)F)c3)n2c1. The van der Waals surface area contributed by atoms with Gasteiger partial charge >= 0.3 is 6.18 Å². The predicted octanol–water partition coefficient (Wildman–Crippen LogP) is 4.48. The van der Waals surface area contributed by atoms with Crippen LogP contribution in [0, 0.1) is 5.82 Å². The van der Waals surface area contributed by atoms with Gasteiger partial charge in [0.1, 0.15) is 5.82 Å². The maximum absolute atomic E-state index is 13.0. The molecule has 2 heterocycles. The maximum Gasteiger partial charge on any atom is 0.416 e. The molecular weight excluding hydrogens is 400 g/mol. The molecule has 0 spiro atoms. The van der Waals surface area contributed by atoms with Crippen LogP contribution in [0.4, 0.5) is 17.6 Å². The summed E-state index contributed by atoms with van der Waals surface area (Å²) < 4.78 is 53.5. The van der Waals surface area contributed by atoms with Crippen LogP contribution in [0.25, 0.3) is 17.0 Å². The van der Waals surface area contributed by atoms with E-state index in [1.807, 2.05) is 0 Å². The molecule has 0 aliphatic heterocycles. The molecular formula is C21H14F4N4O. The van der Waals surface area contributed by atoms with Gasteiger partial charge in [-0.25, -0.2) is 4.39 Å². The number of hydrogen-bond acceptors (Lipinski definition) is 3. The van der Waals surface area contributed by atoms with Gasteiger partial charge in [-0.3, -0.25) is 9.20 Å². The van der Waals surface area contributed by atoms with Crippen LogP contribution in [0.5, 0.6) is 0 Å². The molecule has 5 nitrogen and oxygen atoms in total. The van der Waals surface area contributed by atoms with E-state index >= 15 is 0 Å². The average molecular weight is 414 g/mol. The molecule has 0 radical (unpaired) electrons. The highest BCUT2D eigenvalue weighted by Gasteiger charge is 2.30. The molecule has 4 aromatic rings. The van der Waals surface area contributed by atoms with Gasteiger partial charge < -0.3 is 5.32 Å². The largest absolute Gasteiger partial charge is 0.416 e. The van der Waals surface area contributed by atoms with Gasteiger partial charge in [0.2, 0.25) is 0 Å². The number of hydrogen-bond donors (Lipinski definition) is 1. The number of pyridine rings is 1. The summed E-state index contributed by atoms with van der Waals surface area (Å²) in [6, 6.07) is 13.5. The lowest BCUT2D eigenvalue weighted by molar-refractivity contribution is -0.137. The van der Waals surface area contributed by atoms with Crippen LogP contribution in [0.2, 0.25) is 0 Å². The molecule has 0 bridgehead atoms. The van der Waals surface area contributed by atoms with E-state index in [1.54, 1.807) is 24.3 Å². The lowest BCUT2D eigenvalue weighted by Crippen LogP contribution is -2.23. The Hall–Kier alpha value is -3.75. The zero-order valence-electron chi connectivity index (χ0n) is 15.3. The first-order chi connectivity index (χ1) is 14.3. The van der Waals surface area contributed by atoms with Crippen LogP contribution < -0.4 is 5.32 Å². The third-order valence-corrected chi connectivity index (χ3v) is 4.48. The summed E-state index contributed by atoms with van der Waals surface area (Å²) in [6.07, 6.45) is -3.02. The third-order valence-electron chi connectivity index (χ3n) is 4.48. The Morgan fingerprint density at radius 2 is 1.77 bits per heavy atom. The van der Waals surface area contributed by atoms with Gasteiger partial charge in [0, 0.05) is 18.3 Å². The standard InChI is InChI=1S/C21H14F4N4O/c22-17-7-4-13(5-8-17)11-26-20(30)15-6-9-18-27-28-19(29(18)12-15)14-2-1-3-16(10-14)21(23,24)25/h1-10,12H,11H2,(H,26,30). The van der Waals surface area contributed by atoms with Gasteiger partial charge in [0.25, 0.3) is 5.91 Å². The maximum atomic E-state index is 13.0. The second-order valence-corrected chi connectivity index (χ2v) is 6.56. The van der Waals surface area contributed by atoms with E-state index in [9.17, 15) is 22.4 Å².